The Morgan fingerprint density at radius 1 is 1.38 bits per heavy atom. The molecule has 0 fully saturated rings. The fraction of sp³-hybridized carbons (Fsp3) is 0.833. The van der Waals surface area contributed by atoms with Gasteiger partial charge < -0.3 is 10.4 Å². The van der Waals surface area contributed by atoms with Gasteiger partial charge in [-0.05, 0) is 19.8 Å². The molecule has 1 atom stereocenters. The average Bonchev–Trinajstić information content (AvgIpc) is 2.22. The number of aliphatic hydroxyl groups is 1. The van der Waals surface area contributed by atoms with E-state index >= 15 is 0 Å². The molecular formula is C12H23NO3. The second kappa shape index (κ2) is 6.63. The van der Waals surface area contributed by atoms with E-state index < -0.39 is 11.5 Å². The molecule has 0 aromatic carbocycles. The first-order chi connectivity index (χ1) is 7.29. The molecule has 0 heterocycles. The SMILES string of the molecule is CCC(C)(C)C(=O)NCC(=O)CCC(C)O. The van der Waals surface area contributed by atoms with Gasteiger partial charge in [0.2, 0.25) is 5.91 Å². The van der Waals surface area contributed by atoms with E-state index in [1.165, 1.54) is 0 Å². The average molecular weight is 229 g/mol. The summed E-state index contributed by atoms with van der Waals surface area (Å²) in [4.78, 5) is 23.0. The lowest BCUT2D eigenvalue weighted by Gasteiger charge is -2.21. The van der Waals surface area contributed by atoms with Gasteiger partial charge in [-0.15, -0.1) is 0 Å². The van der Waals surface area contributed by atoms with Crippen molar-refractivity contribution in [1.29, 1.82) is 0 Å². The van der Waals surface area contributed by atoms with Crippen LogP contribution in [0.1, 0.15) is 47.0 Å². The van der Waals surface area contributed by atoms with Crippen LogP contribution in [-0.2, 0) is 9.59 Å². The zero-order valence-corrected chi connectivity index (χ0v) is 10.7. The van der Waals surface area contributed by atoms with Gasteiger partial charge in [0.05, 0.1) is 12.6 Å². The Hall–Kier alpha value is -0.900. The van der Waals surface area contributed by atoms with Crippen molar-refractivity contribution in [3.8, 4) is 0 Å². The van der Waals surface area contributed by atoms with Crippen LogP contribution >= 0.6 is 0 Å². The molecule has 1 unspecified atom stereocenters. The predicted molar refractivity (Wildman–Crippen MR) is 63.0 cm³/mol. The van der Waals surface area contributed by atoms with E-state index in [0.29, 0.717) is 12.8 Å². The molecule has 0 saturated carbocycles. The van der Waals surface area contributed by atoms with Crippen molar-refractivity contribution < 1.29 is 14.7 Å². The van der Waals surface area contributed by atoms with Crippen molar-refractivity contribution in [3.05, 3.63) is 0 Å². The number of rotatable bonds is 7. The van der Waals surface area contributed by atoms with Crippen LogP contribution in [0.3, 0.4) is 0 Å². The zero-order chi connectivity index (χ0) is 12.8. The lowest BCUT2D eigenvalue weighted by molar-refractivity contribution is -0.131. The van der Waals surface area contributed by atoms with Gasteiger partial charge in [-0.25, -0.2) is 0 Å². The lowest BCUT2D eigenvalue weighted by atomic mass is 9.89. The Bertz CT molecular complexity index is 247. The summed E-state index contributed by atoms with van der Waals surface area (Å²) in [6.45, 7) is 7.35. The summed E-state index contributed by atoms with van der Waals surface area (Å²) in [5, 5.41) is 11.6. The Balaban J connectivity index is 3.89. The molecule has 4 nitrogen and oxygen atoms in total. The van der Waals surface area contributed by atoms with Crippen LogP contribution in [0.4, 0.5) is 0 Å². The number of carbonyl (C=O) groups excluding carboxylic acids is 2. The van der Waals surface area contributed by atoms with E-state index in [4.69, 9.17) is 5.11 Å². The summed E-state index contributed by atoms with van der Waals surface area (Å²) in [7, 11) is 0. The van der Waals surface area contributed by atoms with Gasteiger partial charge in [0.25, 0.3) is 0 Å². The van der Waals surface area contributed by atoms with E-state index in [-0.39, 0.29) is 18.2 Å². The molecule has 2 N–H and O–H groups in total. The van der Waals surface area contributed by atoms with Gasteiger partial charge in [-0.3, -0.25) is 9.59 Å². The maximum atomic E-state index is 11.6. The van der Waals surface area contributed by atoms with Crippen LogP contribution in [0.15, 0.2) is 0 Å². The molecule has 1 amide bonds. The highest BCUT2D eigenvalue weighted by Crippen LogP contribution is 2.19. The number of amides is 1. The standard InChI is InChI=1S/C12H23NO3/c1-5-12(3,4)11(16)13-8-10(15)7-6-9(2)14/h9,14H,5-8H2,1-4H3,(H,13,16). The molecule has 0 saturated heterocycles. The summed E-state index contributed by atoms with van der Waals surface area (Å²) >= 11 is 0. The number of hydrogen-bond donors (Lipinski definition) is 2. The van der Waals surface area contributed by atoms with E-state index in [0.717, 1.165) is 6.42 Å². The number of Topliss-reactive ketones (excluding diaryl/α,β-unsaturated/α-hetero) is 1. The number of nitrogens with one attached hydrogen (secondary N) is 1. The van der Waals surface area contributed by atoms with E-state index in [1.54, 1.807) is 6.92 Å². The van der Waals surface area contributed by atoms with Crippen molar-refractivity contribution >= 4 is 11.7 Å². The minimum Gasteiger partial charge on any atom is -0.393 e. The van der Waals surface area contributed by atoms with Crippen molar-refractivity contribution in [2.45, 2.75) is 53.1 Å². The molecule has 94 valence electrons. The van der Waals surface area contributed by atoms with Gasteiger partial charge in [-0.1, -0.05) is 20.8 Å². The molecule has 4 heteroatoms. The molecule has 0 aromatic rings. The van der Waals surface area contributed by atoms with Crippen molar-refractivity contribution in [2.24, 2.45) is 5.41 Å². The first kappa shape index (κ1) is 15.1. The molecular weight excluding hydrogens is 206 g/mol. The van der Waals surface area contributed by atoms with Crippen LogP contribution < -0.4 is 5.32 Å². The van der Waals surface area contributed by atoms with E-state index in [2.05, 4.69) is 5.32 Å². The Labute approximate surface area is 97.4 Å². The van der Waals surface area contributed by atoms with Gasteiger partial charge in [0.1, 0.15) is 0 Å². The smallest absolute Gasteiger partial charge is 0.226 e. The second-order valence-corrected chi connectivity index (χ2v) is 4.85. The van der Waals surface area contributed by atoms with Crippen molar-refractivity contribution in [1.82, 2.24) is 5.32 Å². The van der Waals surface area contributed by atoms with E-state index in [1.807, 2.05) is 20.8 Å². The molecule has 0 spiro atoms. The molecule has 0 aliphatic carbocycles. The summed E-state index contributed by atoms with van der Waals surface area (Å²) in [6.07, 6.45) is 1.03. The number of hydrogen-bond acceptors (Lipinski definition) is 3. The summed E-state index contributed by atoms with van der Waals surface area (Å²) in [5.74, 6) is -0.137. The zero-order valence-electron chi connectivity index (χ0n) is 10.7. The lowest BCUT2D eigenvalue weighted by Crippen LogP contribution is -2.39. The monoisotopic (exact) mass is 229 g/mol. The highest BCUT2D eigenvalue weighted by Gasteiger charge is 2.25. The number of aliphatic hydroxyl groups excluding tert-OH is 1. The van der Waals surface area contributed by atoms with Crippen LogP contribution in [0, 0.1) is 5.41 Å². The first-order valence-corrected chi connectivity index (χ1v) is 5.77. The third kappa shape index (κ3) is 5.85. The predicted octanol–water partition coefficient (Wildman–Crippen LogP) is 1.27. The van der Waals surface area contributed by atoms with Crippen LogP contribution in [0.5, 0.6) is 0 Å². The minimum atomic E-state index is -0.466. The molecule has 0 rings (SSSR count). The topological polar surface area (TPSA) is 66.4 Å². The Morgan fingerprint density at radius 3 is 2.38 bits per heavy atom. The highest BCUT2D eigenvalue weighted by atomic mass is 16.3. The second-order valence-electron chi connectivity index (χ2n) is 4.85. The molecule has 0 bridgehead atoms. The Morgan fingerprint density at radius 2 is 1.94 bits per heavy atom. The van der Waals surface area contributed by atoms with E-state index in [9.17, 15) is 9.59 Å². The fourth-order valence-electron chi connectivity index (χ4n) is 1.04. The highest BCUT2D eigenvalue weighted by molar-refractivity contribution is 5.88. The maximum Gasteiger partial charge on any atom is 0.226 e. The molecule has 0 aliphatic rings. The fourth-order valence-corrected chi connectivity index (χ4v) is 1.04. The number of ketones is 1. The minimum absolute atomic E-state index is 0.0406. The molecule has 0 radical (unpaired) electrons. The van der Waals surface area contributed by atoms with Crippen LogP contribution in [0.2, 0.25) is 0 Å². The normalized spacial score (nSPS) is 13.3. The third-order valence-electron chi connectivity index (χ3n) is 2.79. The molecule has 16 heavy (non-hydrogen) atoms. The third-order valence-corrected chi connectivity index (χ3v) is 2.79. The summed E-state index contributed by atoms with van der Waals surface area (Å²) < 4.78 is 0. The van der Waals surface area contributed by atoms with Crippen LogP contribution in [-0.4, -0.2) is 29.4 Å². The maximum absolute atomic E-state index is 11.6. The van der Waals surface area contributed by atoms with Crippen molar-refractivity contribution in [2.75, 3.05) is 6.54 Å². The summed E-state index contributed by atoms with van der Waals surface area (Å²) in [5.41, 5.74) is -0.426. The van der Waals surface area contributed by atoms with Gasteiger partial charge >= 0.3 is 0 Å². The van der Waals surface area contributed by atoms with Crippen LogP contribution in [0.25, 0.3) is 0 Å². The van der Waals surface area contributed by atoms with Crippen molar-refractivity contribution in [3.63, 3.8) is 0 Å². The largest absolute Gasteiger partial charge is 0.393 e. The van der Waals surface area contributed by atoms with Gasteiger partial charge in [0, 0.05) is 11.8 Å². The number of carbonyl (C=O) groups is 2. The Kier molecular flexibility index (Phi) is 6.26. The first-order valence-electron chi connectivity index (χ1n) is 5.77. The summed E-state index contributed by atoms with van der Waals surface area (Å²) in [6, 6.07) is 0. The molecule has 0 aliphatic heterocycles. The molecule has 0 aromatic heterocycles. The van der Waals surface area contributed by atoms with Gasteiger partial charge in [0.15, 0.2) is 5.78 Å². The quantitative estimate of drug-likeness (QED) is 0.691. The van der Waals surface area contributed by atoms with Gasteiger partial charge in [-0.2, -0.15) is 0 Å².